The Bertz CT molecular complexity index is 661. The fourth-order valence-corrected chi connectivity index (χ4v) is 5.19. The molecule has 236 valence electrons. The monoisotopic (exact) mass is 602 g/mol. The van der Waals surface area contributed by atoms with Crippen LogP contribution in [-0.2, 0) is 37.7 Å². The Kier molecular flexibility index (Phi) is 27.6. The van der Waals surface area contributed by atoms with E-state index in [4.69, 9.17) is 8.37 Å². The molecule has 0 aromatic heterocycles. The van der Waals surface area contributed by atoms with Crippen molar-refractivity contribution in [2.45, 2.75) is 149 Å². The summed E-state index contributed by atoms with van der Waals surface area (Å²) in [6, 6.07) is 0. The molecule has 0 amide bonds. The van der Waals surface area contributed by atoms with Gasteiger partial charge in [0.25, 0.3) is 0 Å². The summed E-state index contributed by atoms with van der Waals surface area (Å²) >= 11 is 0. The zero-order valence-electron chi connectivity index (χ0n) is 24.8. The van der Waals surface area contributed by atoms with Crippen molar-refractivity contribution >= 4 is 20.8 Å². The summed E-state index contributed by atoms with van der Waals surface area (Å²) in [5.74, 6) is 0. The third-order valence-corrected chi connectivity index (χ3v) is 7.89. The highest BCUT2D eigenvalue weighted by Gasteiger charge is 2.12. The molecule has 0 spiro atoms. The molecule has 0 heterocycles. The lowest BCUT2D eigenvalue weighted by Crippen LogP contribution is -2.23. The van der Waals surface area contributed by atoms with Crippen molar-refractivity contribution in [1.29, 1.82) is 0 Å². The summed E-state index contributed by atoms with van der Waals surface area (Å²) in [4.78, 5) is 0. The van der Waals surface area contributed by atoms with Gasteiger partial charge in [-0.1, -0.05) is 123 Å². The van der Waals surface area contributed by atoms with E-state index >= 15 is 0 Å². The number of hydroxylamine groups is 2. The van der Waals surface area contributed by atoms with Crippen LogP contribution < -0.4 is 11.0 Å². The van der Waals surface area contributed by atoms with Gasteiger partial charge in [0.15, 0.2) is 0 Å². The molecular weight excluding hydrogens is 544 g/mol. The summed E-state index contributed by atoms with van der Waals surface area (Å²) < 4.78 is 65.9. The predicted octanol–water partition coefficient (Wildman–Crippen LogP) is 6.78. The first-order valence-electron chi connectivity index (χ1n) is 15.4. The third-order valence-electron chi connectivity index (χ3n) is 6.33. The lowest BCUT2D eigenvalue weighted by molar-refractivity contribution is 0.145. The Hall–Kier alpha value is -0.340. The zero-order valence-corrected chi connectivity index (χ0v) is 26.4. The van der Waals surface area contributed by atoms with Gasteiger partial charge in [-0.05, 0) is 25.7 Å². The van der Waals surface area contributed by atoms with Gasteiger partial charge in [-0.2, -0.15) is 36.4 Å². The summed E-state index contributed by atoms with van der Waals surface area (Å²) in [6.07, 6.45) is 22.1. The summed E-state index contributed by atoms with van der Waals surface area (Å²) in [5.41, 5.74) is 4.89. The molecule has 0 atom stereocenters. The first kappa shape index (κ1) is 38.7. The van der Waals surface area contributed by atoms with Crippen LogP contribution in [-0.4, -0.2) is 43.1 Å². The molecule has 0 aromatic rings. The predicted molar refractivity (Wildman–Crippen MR) is 156 cm³/mol. The van der Waals surface area contributed by atoms with Crippen molar-refractivity contribution < 1.29 is 33.8 Å². The van der Waals surface area contributed by atoms with E-state index in [1.165, 1.54) is 64.2 Å². The Morgan fingerprint density at radius 3 is 1.03 bits per heavy atom. The van der Waals surface area contributed by atoms with Crippen molar-refractivity contribution in [3.63, 3.8) is 0 Å². The molecule has 2 N–H and O–H groups in total. The van der Waals surface area contributed by atoms with Gasteiger partial charge in [-0.25, -0.2) is 8.37 Å². The molecule has 0 bridgehead atoms. The standard InChI is InChI=1S/C27H58N2O8S2/c1-3-5-7-9-11-13-18-22-26-34-38(30,31)36-28-24-20-16-15-17-21-25-29-37-39(32,33)35-27-23-19-14-12-10-8-6-4-2/h28-29H,3-27H2,1-2H3. The molecule has 0 unspecified atom stereocenters. The maximum atomic E-state index is 11.7. The SMILES string of the molecule is CCCCCCCCCCOS(=O)(=O)ONCCCCCCCNOS(=O)(=O)OCCCCCCCCCC. The number of nitrogens with one attached hydrogen (secondary N) is 2. The minimum atomic E-state index is -4.01. The maximum absolute atomic E-state index is 11.7. The van der Waals surface area contributed by atoms with Gasteiger partial charge in [-0.15, -0.1) is 0 Å². The van der Waals surface area contributed by atoms with Crippen molar-refractivity contribution in [2.24, 2.45) is 0 Å². The number of hydrogen-bond donors (Lipinski definition) is 2. The van der Waals surface area contributed by atoms with Crippen molar-refractivity contribution in [1.82, 2.24) is 11.0 Å². The van der Waals surface area contributed by atoms with Crippen molar-refractivity contribution in [3.05, 3.63) is 0 Å². The minimum Gasteiger partial charge on any atom is -0.247 e. The molecule has 0 rings (SSSR count). The van der Waals surface area contributed by atoms with Crippen molar-refractivity contribution in [3.8, 4) is 0 Å². The minimum absolute atomic E-state index is 0.142. The summed E-state index contributed by atoms with van der Waals surface area (Å²) in [6.45, 7) is 5.47. The van der Waals surface area contributed by atoms with Crippen LogP contribution in [0.3, 0.4) is 0 Å². The molecule has 0 aromatic carbocycles. The zero-order chi connectivity index (χ0) is 28.9. The fraction of sp³-hybridized carbons (Fsp3) is 1.00. The Balaban J connectivity index is 3.46. The first-order valence-corrected chi connectivity index (χ1v) is 18.1. The lowest BCUT2D eigenvalue weighted by atomic mass is 10.1. The second-order valence-corrected chi connectivity index (χ2v) is 12.6. The lowest BCUT2D eigenvalue weighted by Gasteiger charge is -2.08. The summed E-state index contributed by atoms with van der Waals surface area (Å²) in [5, 5.41) is 0. The average Bonchev–Trinajstić information content (AvgIpc) is 2.89. The molecule has 0 radical (unpaired) electrons. The summed E-state index contributed by atoms with van der Waals surface area (Å²) in [7, 11) is -8.03. The normalized spacial score (nSPS) is 12.4. The van der Waals surface area contributed by atoms with Crippen LogP contribution in [0.15, 0.2) is 0 Å². The number of hydrogen-bond acceptors (Lipinski definition) is 10. The second kappa shape index (κ2) is 27.8. The Labute approximate surface area is 240 Å². The molecule has 0 saturated heterocycles. The van der Waals surface area contributed by atoms with Crippen LogP contribution in [0.25, 0.3) is 0 Å². The molecule has 0 aliphatic rings. The molecule has 10 nitrogen and oxygen atoms in total. The van der Waals surface area contributed by atoms with Gasteiger partial charge in [0, 0.05) is 13.1 Å². The van der Waals surface area contributed by atoms with Crippen LogP contribution in [0, 0.1) is 0 Å². The van der Waals surface area contributed by atoms with Gasteiger partial charge in [-0.3, -0.25) is 0 Å². The van der Waals surface area contributed by atoms with E-state index in [0.717, 1.165) is 57.8 Å². The van der Waals surface area contributed by atoms with Crippen LogP contribution in [0.4, 0.5) is 0 Å². The molecular formula is C27H58N2O8S2. The van der Waals surface area contributed by atoms with E-state index in [2.05, 4.69) is 33.4 Å². The topological polar surface area (TPSA) is 129 Å². The first-order chi connectivity index (χ1) is 18.8. The molecule has 39 heavy (non-hydrogen) atoms. The van der Waals surface area contributed by atoms with Crippen LogP contribution in [0.5, 0.6) is 0 Å². The second-order valence-electron chi connectivity index (χ2n) is 10.1. The largest absolute Gasteiger partial charge is 0.416 e. The highest BCUT2D eigenvalue weighted by Crippen LogP contribution is 2.10. The van der Waals surface area contributed by atoms with Gasteiger partial charge in [0.05, 0.1) is 13.2 Å². The molecule has 0 fully saturated rings. The molecule has 0 aliphatic carbocycles. The van der Waals surface area contributed by atoms with Crippen LogP contribution in [0.2, 0.25) is 0 Å². The quantitative estimate of drug-likeness (QED) is 0.0627. The van der Waals surface area contributed by atoms with Gasteiger partial charge in [0.1, 0.15) is 0 Å². The molecule has 0 saturated carbocycles. The average molecular weight is 603 g/mol. The third kappa shape index (κ3) is 30.4. The van der Waals surface area contributed by atoms with E-state index in [1.54, 1.807) is 0 Å². The van der Waals surface area contributed by atoms with Crippen LogP contribution >= 0.6 is 0 Å². The van der Waals surface area contributed by atoms with E-state index < -0.39 is 20.8 Å². The Morgan fingerprint density at radius 2 is 0.692 bits per heavy atom. The Morgan fingerprint density at radius 1 is 0.410 bits per heavy atom. The highest BCUT2D eigenvalue weighted by atomic mass is 32.3. The molecule has 12 heteroatoms. The smallest absolute Gasteiger partial charge is 0.247 e. The fourth-order valence-electron chi connectivity index (χ4n) is 3.99. The van der Waals surface area contributed by atoms with Gasteiger partial charge < -0.3 is 0 Å². The number of unbranched alkanes of at least 4 members (excludes halogenated alkanes) is 18. The van der Waals surface area contributed by atoms with Crippen molar-refractivity contribution in [2.75, 3.05) is 26.3 Å². The highest BCUT2D eigenvalue weighted by molar-refractivity contribution is 7.82. The van der Waals surface area contributed by atoms with Gasteiger partial charge in [0.2, 0.25) is 0 Å². The van der Waals surface area contributed by atoms with Gasteiger partial charge >= 0.3 is 20.8 Å². The van der Waals surface area contributed by atoms with E-state index in [0.29, 0.717) is 25.9 Å². The number of rotatable bonds is 32. The molecule has 0 aliphatic heterocycles. The van der Waals surface area contributed by atoms with E-state index in [-0.39, 0.29) is 13.2 Å². The maximum Gasteiger partial charge on any atom is 0.416 e. The van der Waals surface area contributed by atoms with Crippen LogP contribution in [0.1, 0.15) is 149 Å². The van der Waals surface area contributed by atoms with E-state index in [1.807, 2.05) is 0 Å². The van der Waals surface area contributed by atoms with E-state index in [9.17, 15) is 16.8 Å².